The summed E-state index contributed by atoms with van der Waals surface area (Å²) >= 11 is 6.07. The minimum Gasteiger partial charge on any atom is -0.507 e. The second-order valence-electron chi connectivity index (χ2n) is 7.51. The molecule has 0 unspecified atom stereocenters. The largest absolute Gasteiger partial charge is 0.507 e. The van der Waals surface area contributed by atoms with E-state index in [0.717, 1.165) is 17.5 Å². The molecule has 0 heterocycles. The zero-order chi connectivity index (χ0) is 25.2. The van der Waals surface area contributed by atoms with Crippen molar-refractivity contribution in [3.63, 3.8) is 0 Å². The third kappa shape index (κ3) is 5.03. The molecule has 0 saturated carbocycles. The number of phenols is 1. The summed E-state index contributed by atoms with van der Waals surface area (Å²) < 4.78 is 28.6. The Labute approximate surface area is 205 Å². The lowest BCUT2D eigenvalue weighted by Gasteiger charge is -2.13. The van der Waals surface area contributed by atoms with E-state index in [9.17, 15) is 23.6 Å². The number of nitrogens with zero attached hydrogens (tertiary/aromatic N) is 2. The fourth-order valence-electron chi connectivity index (χ4n) is 3.43. The summed E-state index contributed by atoms with van der Waals surface area (Å²) in [6.07, 6.45) is 0. The third-order valence-corrected chi connectivity index (χ3v) is 6.95. The highest BCUT2D eigenvalue weighted by molar-refractivity contribution is 7.93. The molecule has 0 spiro atoms. The van der Waals surface area contributed by atoms with E-state index in [2.05, 4.69) is 15.2 Å². The van der Waals surface area contributed by atoms with Crippen molar-refractivity contribution in [3.8, 4) is 5.75 Å². The number of halogens is 1. The predicted molar refractivity (Wildman–Crippen MR) is 137 cm³/mol. The van der Waals surface area contributed by atoms with Crippen LogP contribution in [-0.2, 0) is 10.0 Å². The predicted octanol–water partition coefficient (Wildman–Crippen LogP) is 5.74. The van der Waals surface area contributed by atoms with Crippen LogP contribution in [0.4, 0.5) is 17.1 Å². The molecule has 0 aliphatic rings. The molecule has 0 atom stereocenters. The Hall–Kier alpha value is -4.15. The molecule has 0 aliphatic heterocycles. The lowest BCUT2D eigenvalue weighted by molar-refractivity contribution is -0.385. The van der Waals surface area contributed by atoms with Crippen LogP contribution < -0.4 is 10.1 Å². The first-order valence-electron chi connectivity index (χ1n) is 10.2. The summed E-state index contributed by atoms with van der Waals surface area (Å²) in [4.78, 5) is 10.2. The van der Waals surface area contributed by atoms with Gasteiger partial charge in [-0.15, -0.1) is 0 Å². The Morgan fingerprint density at radius 3 is 2.46 bits per heavy atom. The molecule has 0 bridgehead atoms. The summed E-state index contributed by atoms with van der Waals surface area (Å²) in [6, 6.07) is 20.4. The number of para-hydroxylation sites is 1. The second kappa shape index (κ2) is 9.61. The Bertz CT molecular complexity index is 1590. The number of nitrogens with one attached hydrogen (secondary N) is 2. The molecule has 0 amide bonds. The van der Waals surface area contributed by atoms with Crippen LogP contribution in [0.1, 0.15) is 12.5 Å². The van der Waals surface area contributed by atoms with Gasteiger partial charge in [0.2, 0.25) is 0 Å². The average molecular weight is 511 g/mol. The number of rotatable bonds is 7. The van der Waals surface area contributed by atoms with Crippen LogP contribution in [0.3, 0.4) is 0 Å². The first-order valence-corrected chi connectivity index (χ1v) is 12.1. The highest BCUT2D eigenvalue weighted by Gasteiger charge is 2.23. The van der Waals surface area contributed by atoms with Gasteiger partial charge in [0.25, 0.3) is 15.7 Å². The van der Waals surface area contributed by atoms with Gasteiger partial charge in [-0.25, -0.2) is 8.42 Å². The summed E-state index contributed by atoms with van der Waals surface area (Å²) in [7, 11) is -4.29. The number of nitro groups is 1. The van der Waals surface area contributed by atoms with E-state index in [4.69, 9.17) is 11.6 Å². The number of anilines is 2. The summed E-state index contributed by atoms with van der Waals surface area (Å²) in [5.41, 5.74) is 3.17. The van der Waals surface area contributed by atoms with Crippen molar-refractivity contribution in [2.45, 2.75) is 11.8 Å². The van der Waals surface area contributed by atoms with E-state index in [1.165, 1.54) is 18.2 Å². The Kier molecular flexibility index (Phi) is 6.59. The number of nitro benzene ring substituents is 1. The van der Waals surface area contributed by atoms with Gasteiger partial charge in [-0.1, -0.05) is 54.1 Å². The number of hydrazone groups is 1. The van der Waals surface area contributed by atoms with Crippen LogP contribution in [0.2, 0.25) is 5.02 Å². The van der Waals surface area contributed by atoms with Crippen molar-refractivity contribution >= 4 is 55.2 Å². The number of fused-ring (bicyclic) bond motifs is 1. The van der Waals surface area contributed by atoms with Gasteiger partial charge in [-0.3, -0.25) is 20.3 Å². The maximum absolute atomic E-state index is 13.1. The number of hydrogen-bond acceptors (Lipinski definition) is 7. The number of sulfonamides is 1. The molecule has 4 rings (SSSR count). The zero-order valence-electron chi connectivity index (χ0n) is 18.3. The first kappa shape index (κ1) is 24.0. The van der Waals surface area contributed by atoms with E-state index < -0.39 is 25.5 Å². The lowest BCUT2D eigenvalue weighted by atomic mass is 10.0. The van der Waals surface area contributed by atoms with Crippen molar-refractivity contribution in [1.29, 1.82) is 0 Å². The van der Waals surface area contributed by atoms with Gasteiger partial charge < -0.3 is 5.11 Å². The van der Waals surface area contributed by atoms with Crippen LogP contribution in [0.25, 0.3) is 10.8 Å². The molecule has 178 valence electrons. The molecule has 35 heavy (non-hydrogen) atoms. The van der Waals surface area contributed by atoms with Gasteiger partial charge in [-0.05, 0) is 36.6 Å². The Morgan fingerprint density at radius 2 is 1.71 bits per heavy atom. The topological polar surface area (TPSA) is 134 Å². The highest BCUT2D eigenvalue weighted by atomic mass is 35.5. The van der Waals surface area contributed by atoms with E-state index in [1.54, 1.807) is 37.3 Å². The highest BCUT2D eigenvalue weighted by Crippen LogP contribution is 2.32. The maximum Gasteiger partial charge on any atom is 0.270 e. The molecule has 0 fully saturated rings. The van der Waals surface area contributed by atoms with Crippen LogP contribution in [0, 0.1) is 10.1 Å². The fraction of sp³-hybridized carbons (Fsp3) is 0.0417. The number of hydrogen-bond donors (Lipinski definition) is 3. The van der Waals surface area contributed by atoms with Gasteiger partial charge in [0, 0.05) is 23.1 Å². The number of benzene rings is 4. The van der Waals surface area contributed by atoms with Gasteiger partial charge in [0.05, 0.1) is 27.0 Å². The fourth-order valence-corrected chi connectivity index (χ4v) is 4.93. The first-order chi connectivity index (χ1) is 16.7. The van der Waals surface area contributed by atoms with Crippen LogP contribution in [0.5, 0.6) is 5.75 Å². The quantitative estimate of drug-likeness (QED) is 0.165. The summed E-state index contributed by atoms with van der Waals surface area (Å²) in [6.45, 7) is 1.64. The maximum atomic E-state index is 13.1. The van der Waals surface area contributed by atoms with Gasteiger partial charge in [-0.2, -0.15) is 5.10 Å². The molecule has 0 aliphatic carbocycles. The Balaban J connectivity index is 1.72. The molecule has 4 aromatic rings. The summed E-state index contributed by atoms with van der Waals surface area (Å²) in [5, 5.41) is 27.9. The standard InChI is InChI=1S/C24H19ClN4O5S/c1-15(18-12-10-16-6-2-3-7-19(16)24(18)30)26-27-22-13-11-17(29(31)32)14-23(22)35(33,34)28-21-9-5-4-8-20(21)25/h2-14,27-28,30H,1H3. The number of aromatic hydroxyl groups is 1. The molecule has 3 N–H and O–H groups in total. The minimum absolute atomic E-state index is 0.00483. The van der Waals surface area contributed by atoms with Crippen LogP contribution in [0.15, 0.2) is 88.9 Å². The van der Waals surface area contributed by atoms with Gasteiger partial charge in [0.15, 0.2) is 0 Å². The zero-order valence-corrected chi connectivity index (χ0v) is 19.8. The third-order valence-electron chi connectivity index (χ3n) is 5.22. The monoisotopic (exact) mass is 510 g/mol. The molecule has 0 radical (unpaired) electrons. The van der Waals surface area contributed by atoms with Crippen LogP contribution >= 0.6 is 11.6 Å². The van der Waals surface area contributed by atoms with E-state index in [-0.39, 0.29) is 22.1 Å². The molecule has 0 saturated heterocycles. The van der Waals surface area contributed by atoms with Crippen molar-refractivity contribution in [3.05, 3.63) is 99.6 Å². The van der Waals surface area contributed by atoms with Crippen molar-refractivity contribution in [2.24, 2.45) is 5.10 Å². The van der Waals surface area contributed by atoms with Gasteiger partial charge in [0.1, 0.15) is 10.6 Å². The van der Waals surface area contributed by atoms with E-state index >= 15 is 0 Å². The lowest BCUT2D eigenvalue weighted by Crippen LogP contribution is -2.15. The normalized spacial score (nSPS) is 11.9. The average Bonchev–Trinajstić information content (AvgIpc) is 2.84. The van der Waals surface area contributed by atoms with Crippen molar-refractivity contribution < 1.29 is 18.4 Å². The Morgan fingerprint density at radius 1 is 1.00 bits per heavy atom. The minimum atomic E-state index is -4.29. The molecule has 4 aromatic carbocycles. The van der Waals surface area contributed by atoms with Gasteiger partial charge >= 0.3 is 0 Å². The summed E-state index contributed by atoms with van der Waals surface area (Å²) in [5.74, 6) is 0.0306. The SMILES string of the molecule is CC(=NNc1ccc([N+](=O)[O-])cc1S(=O)(=O)Nc1ccccc1Cl)c1ccc2ccccc2c1O. The number of non-ortho nitro benzene ring substituents is 1. The number of phenolic OH excluding ortho intramolecular Hbond substituents is 1. The smallest absolute Gasteiger partial charge is 0.270 e. The molecule has 9 nitrogen and oxygen atoms in total. The second-order valence-corrected chi connectivity index (χ2v) is 9.57. The van der Waals surface area contributed by atoms with E-state index in [1.807, 2.05) is 18.2 Å². The van der Waals surface area contributed by atoms with E-state index in [0.29, 0.717) is 16.7 Å². The molecule has 0 aromatic heterocycles. The molecule has 11 heteroatoms. The van der Waals surface area contributed by atoms with Crippen molar-refractivity contribution in [1.82, 2.24) is 0 Å². The molecular formula is C24H19ClN4O5S. The van der Waals surface area contributed by atoms with Crippen molar-refractivity contribution in [2.75, 3.05) is 10.1 Å². The van der Waals surface area contributed by atoms with Crippen LogP contribution in [-0.4, -0.2) is 24.2 Å². The molecular weight excluding hydrogens is 492 g/mol.